The number of hydrogen-bond acceptors (Lipinski definition) is 2. The summed E-state index contributed by atoms with van der Waals surface area (Å²) in [6.45, 7) is 5.31. The summed E-state index contributed by atoms with van der Waals surface area (Å²) in [6, 6.07) is 18.1. The van der Waals surface area contributed by atoms with E-state index in [4.69, 9.17) is 5.11 Å². The zero-order chi connectivity index (χ0) is 17.0. The Kier molecular flexibility index (Phi) is 5.00. The van der Waals surface area contributed by atoms with Gasteiger partial charge in [-0.2, -0.15) is 0 Å². The first-order valence-electron chi connectivity index (χ1n) is 8.67. The summed E-state index contributed by atoms with van der Waals surface area (Å²) in [5.74, 6) is -0.857. The molecule has 1 aliphatic heterocycles. The Morgan fingerprint density at radius 3 is 2.62 bits per heavy atom. The van der Waals surface area contributed by atoms with Crippen LogP contribution in [0.4, 0.5) is 0 Å². The molecule has 0 bridgehead atoms. The fourth-order valence-corrected chi connectivity index (χ4v) is 3.68. The van der Waals surface area contributed by atoms with E-state index in [9.17, 15) is 4.79 Å². The van der Waals surface area contributed by atoms with Gasteiger partial charge in [-0.15, -0.1) is 0 Å². The van der Waals surface area contributed by atoms with Crippen LogP contribution in [0.2, 0.25) is 0 Å². The van der Waals surface area contributed by atoms with E-state index < -0.39 is 5.97 Å². The summed E-state index contributed by atoms with van der Waals surface area (Å²) < 4.78 is 0. The maximum atomic E-state index is 11.1. The molecule has 3 rings (SSSR count). The van der Waals surface area contributed by atoms with Gasteiger partial charge in [0, 0.05) is 6.54 Å². The predicted molar refractivity (Wildman–Crippen MR) is 96.3 cm³/mol. The minimum atomic E-state index is -0.857. The Labute approximate surface area is 143 Å². The molecule has 1 aliphatic rings. The molecule has 0 spiro atoms. The van der Waals surface area contributed by atoms with E-state index in [1.165, 1.54) is 18.4 Å². The van der Waals surface area contributed by atoms with Crippen LogP contribution in [0, 0.1) is 0 Å². The van der Waals surface area contributed by atoms with E-state index in [0.717, 1.165) is 31.6 Å². The summed E-state index contributed by atoms with van der Waals surface area (Å²) >= 11 is 0. The van der Waals surface area contributed by atoms with Gasteiger partial charge >= 0.3 is 5.97 Å². The van der Waals surface area contributed by atoms with Crippen LogP contribution in [-0.4, -0.2) is 29.1 Å². The summed E-state index contributed by atoms with van der Waals surface area (Å²) in [6.07, 6.45) is 3.50. The van der Waals surface area contributed by atoms with Crippen molar-refractivity contribution in [3.63, 3.8) is 0 Å². The second-order valence-corrected chi connectivity index (χ2v) is 7.06. The average Bonchev–Trinajstić information content (AvgIpc) is 2.79. The first kappa shape index (κ1) is 16.7. The van der Waals surface area contributed by atoms with Crippen LogP contribution in [0.5, 0.6) is 0 Å². The van der Waals surface area contributed by atoms with Crippen LogP contribution in [0.3, 0.4) is 0 Å². The molecule has 1 heterocycles. The first-order valence-corrected chi connectivity index (χ1v) is 8.67. The minimum Gasteiger partial charge on any atom is -0.478 e. The molecular weight excluding hydrogens is 298 g/mol. The molecular formula is C21H25NO2. The molecule has 0 aliphatic carbocycles. The Morgan fingerprint density at radius 2 is 1.88 bits per heavy atom. The third kappa shape index (κ3) is 3.85. The molecule has 0 radical (unpaired) electrons. The van der Waals surface area contributed by atoms with Crippen molar-refractivity contribution in [2.24, 2.45) is 0 Å². The van der Waals surface area contributed by atoms with Gasteiger partial charge in [0.15, 0.2) is 0 Å². The highest BCUT2D eigenvalue weighted by Crippen LogP contribution is 2.35. The molecule has 1 saturated heterocycles. The van der Waals surface area contributed by atoms with Gasteiger partial charge < -0.3 is 5.11 Å². The van der Waals surface area contributed by atoms with Gasteiger partial charge in [-0.1, -0.05) is 49.4 Å². The van der Waals surface area contributed by atoms with E-state index in [-0.39, 0.29) is 5.41 Å². The maximum absolute atomic E-state index is 11.1. The maximum Gasteiger partial charge on any atom is 0.335 e. The van der Waals surface area contributed by atoms with Gasteiger partial charge in [0.25, 0.3) is 0 Å². The lowest BCUT2D eigenvalue weighted by molar-refractivity contribution is 0.0696. The molecule has 3 heteroatoms. The number of likely N-dealkylation sites (tertiary alicyclic amines) is 1. The van der Waals surface area contributed by atoms with E-state index in [0.29, 0.717) is 5.56 Å². The number of carboxylic acid groups (broad SMARTS) is 1. The number of rotatable bonds is 4. The van der Waals surface area contributed by atoms with Crippen LogP contribution in [0.25, 0.3) is 0 Å². The third-order valence-electron chi connectivity index (χ3n) is 5.23. The SMILES string of the molecule is CC1(c2ccccc2)CCCN(Cc2cccc(C(=O)O)c2)CC1. The van der Waals surface area contributed by atoms with Crippen molar-refractivity contribution in [1.29, 1.82) is 0 Å². The van der Waals surface area contributed by atoms with Gasteiger partial charge in [-0.3, -0.25) is 4.90 Å². The summed E-state index contributed by atoms with van der Waals surface area (Å²) in [5, 5.41) is 9.14. The van der Waals surface area contributed by atoms with E-state index >= 15 is 0 Å². The van der Waals surface area contributed by atoms with Crippen LogP contribution in [-0.2, 0) is 12.0 Å². The van der Waals surface area contributed by atoms with Gasteiger partial charge in [0.1, 0.15) is 0 Å². The number of nitrogens with zero attached hydrogens (tertiary/aromatic N) is 1. The highest BCUT2D eigenvalue weighted by atomic mass is 16.4. The summed E-state index contributed by atoms with van der Waals surface area (Å²) in [7, 11) is 0. The van der Waals surface area contributed by atoms with Gasteiger partial charge in [0.05, 0.1) is 5.56 Å². The lowest BCUT2D eigenvalue weighted by Gasteiger charge is -2.29. The average molecular weight is 323 g/mol. The van der Waals surface area contributed by atoms with Crippen LogP contribution in [0.1, 0.15) is 47.7 Å². The number of benzene rings is 2. The molecule has 1 atom stereocenters. The van der Waals surface area contributed by atoms with Crippen molar-refractivity contribution in [2.45, 2.75) is 38.1 Å². The van der Waals surface area contributed by atoms with Crippen molar-refractivity contribution < 1.29 is 9.90 Å². The van der Waals surface area contributed by atoms with Gasteiger partial charge in [-0.05, 0) is 61.0 Å². The number of aromatic carboxylic acids is 1. The molecule has 1 N–H and O–H groups in total. The van der Waals surface area contributed by atoms with E-state index in [1.54, 1.807) is 12.1 Å². The molecule has 24 heavy (non-hydrogen) atoms. The molecule has 0 saturated carbocycles. The molecule has 2 aromatic carbocycles. The zero-order valence-electron chi connectivity index (χ0n) is 14.2. The molecule has 2 aromatic rings. The number of hydrogen-bond donors (Lipinski definition) is 1. The second-order valence-electron chi connectivity index (χ2n) is 7.06. The molecule has 1 fully saturated rings. The van der Waals surface area contributed by atoms with E-state index in [2.05, 4.69) is 42.2 Å². The standard InChI is InChI=1S/C21H25NO2/c1-21(19-9-3-2-4-10-19)11-6-13-22(14-12-21)16-17-7-5-8-18(15-17)20(23)24/h2-5,7-10,15H,6,11-14,16H2,1H3,(H,23,24). The fraction of sp³-hybridized carbons (Fsp3) is 0.381. The Balaban J connectivity index is 1.68. The Bertz CT molecular complexity index is 698. The Morgan fingerprint density at radius 1 is 1.08 bits per heavy atom. The largest absolute Gasteiger partial charge is 0.478 e. The zero-order valence-corrected chi connectivity index (χ0v) is 14.2. The first-order chi connectivity index (χ1) is 11.6. The third-order valence-corrected chi connectivity index (χ3v) is 5.23. The lowest BCUT2D eigenvalue weighted by Crippen LogP contribution is -2.27. The van der Waals surface area contributed by atoms with Crippen molar-refractivity contribution in [1.82, 2.24) is 4.90 Å². The summed E-state index contributed by atoms with van der Waals surface area (Å²) in [5.41, 5.74) is 3.12. The lowest BCUT2D eigenvalue weighted by atomic mass is 9.76. The molecule has 126 valence electrons. The monoisotopic (exact) mass is 323 g/mol. The minimum absolute atomic E-state index is 0.235. The van der Waals surface area contributed by atoms with Crippen LogP contribution < -0.4 is 0 Å². The molecule has 1 unspecified atom stereocenters. The van der Waals surface area contributed by atoms with E-state index in [1.807, 2.05) is 12.1 Å². The fourth-order valence-electron chi connectivity index (χ4n) is 3.68. The van der Waals surface area contributed by atoms with Gasteiger partial charge in [-0.25, -0.2) is 4.79 Å². The smallest absolute Gasteiger partial charge is 0.335 e. The summed E-state index contributed by atoms with van der Waals surface area (Å²) in [4.78, 5) is 13.6. The van der Waals surface area contributed by atoms with Crippen molar-refractivity contribution in [3.8, 4) is 0 Å². The van der Waals surface area contributed by atoms with Crippen LogP contribution in [0.15, 0.2) is 54.6 Å². The molecule has 3 nitrogen and oxygen atoms in total. The second kappa shape index (κ2) is 7.18. The van der Waals surface area contributed by atoms with Crippen molar-refractivity contribution in [3.05, 3.63) is 71.3 Å². The highest BCUT2D eigenvalue weighted by Gasteiger charge is 2.29. The number of carbonyl (C=O) groups is 1. The topological polar surface area (TPSA) is 40.5 Å². The Hall–Kier alpha value is -2.13. The highest BCUT2D eigenvalue weighted by molar-refractivity contribution is 5.87. The molecule has 0 aromatic heterocycles. The van der Waals surface area contributed by atoms with Crippen molar-refractivity contribution in [2.75, 3.05) is 13.1 Å². The number of carboxylic acids is 1. The molecule has 0 amide bonds. The quantitative estimate of drug-likeness (QED) is 0.910. The predicted octanol–water partition coefficient (Wildman–Crippen LogP) is 4.33. The normalized spacial score (nSPS) is 22.0. The van der Waals surface area contributed by atoms with Gasteiger partial charge in [0.2, 0.25) is 0 Å². The van der Waals surface area contributed by atoms with Crippen molar-refractivity contribution >= 4 is 5.97 Å². The van der Waals surface area contributed by atoms with Crippen LogP contribution >= 0.6 is 0 Å².